The van der Waals surface area contributed by atoms with Crippen LogP contribution in [-0.2, 0) is 9.59 Å². The van der Waals surface area contributed by atoms with Gasteiger partial charge in [0.05, 0.1) is 5.56 Å². The van der Waals surface area contributed by atoms with Crippen LogP contribution in [-0.4, -0.2) is 23.0 Å². The summed E-state index contributed by atoms with van der Waals surface area (Å²) in [5.41, 5.74) is 0.0135. The van der Waals surface area contributed by atoms with E-state index in [1.807, 2.05) is 0 Å². The Bertz CT molecular complexity index is 765. The van der Waals surface area contributed by atoms with Gasteiger partial charge in [-0.1, -0.05) is 5.16 Å². The minimum atomic E-state index is -0.594. The van der Waals surface area contributed by atoms with Gasteiger partial charge in [-0.05, 0) is 25.1 Å². The fraction of sp³-hybridized carbons (Fsp3) is 0.200. The number of carbonyl (C=O) groups excluding carboxylic acids is 3. The minimum absolute atomic E-state index is 0.0135. The number of amides is 1. The molecule has 1 aromatic carbocycles. The molecule has 0 saturated carbocycles. The smallest absolute Gasteiger partial charge is 0.308 e. The molecule has 2 aromatic rings. The van der Waals surface area contributed by atoms with Crippen molar-refractivity contribution in [3.05, 3.63) is 35.6 Å². The van der Waals surface area contributed by atoms with Crippen LogP contribution in [0.1, 0.15) is 30.0 Å². The number of anilines is 1. The number of hydrogen-bond donors (Lipinski definition) is 1. The quantitative estimate of drug-likeness (QED) is 0.679. The Hall–Kier alpha value is -3.16. The molecule has 8 nitrogen and oxygen atoms in total. The molecular formula is C15H14N2O6. The predicted molar refractivity (Wildman–Crippen MR) is 78.3 cm³/mol. The van der Waals surface area contributed by atoms with Crippen LogP contribution in [0.25, 0.3) is 0 Å². The Balaban J connectivity index is 2.32. The zero-order valence-electron chi connectivity index (χ0n) is 12.7. The number of ether oxygens (including phenoxy) is 2. The van der Waals surface area contributed by atoms with Crippen molar-refractivity contribution in [1.29, 1.82) is 0 Å². The number of rotatable bonds is 4. The molecule has 0 saturated heterocycles. The Morgan fingerprint density at radius 1 is 1.09 bits per heavy atom. The molecule has 23 heavy (non-hydrogen) atoms. The Morgan fingerprint density at radius 2 is 1.78 bits per heavy atom. The molecule has 120 valence electrons. The lowest BCUT2D eigenvalue weighted by atomic mass is 10.1. The first kappa shape index (κ1) is 16.2. The average molecular weight is 318 g/mol. The van der Waals surface area contributed by atoms with Gasteiger partial charge in [-0.3, -0.25) is 14.4 Å². The van der Waals surface area contributed by atoms with E-state index in [2.05, 4.69) is 10.5 Å². The van der Waals surface area contributed by atoms with Crippen LogP contribution >= 0.6 is 0 Å². The lowest BCUT2D eigenvalue weighted by Crippen LogP contribution is -2.15. The number of aromatic nitrogens is 1. The summed E-state index contributed by atoms with van der Waals surface area (Å²) in [6, 6.07) is 5.60. The molecule has 0 aliphatic heterocycles. The van der Waals surface area contributed by atoms with Crippen molar-refractivity contribution < 1.29 is 28.4 Å². The summed E-state index contributed by atoms with van der Waals surface area (Å²) in [7, 11) is 0. The van der Waals surface area contributed by atoms with Crippen LogP contribution in [0.2, 0.25) is 0 Å². The lowest BCUT2D eigenvalue weighted by Gasteiger charge is -2.10. The standard InChI is InChI=1S/C15H14N2O6/c1-8-6-14(17-23-8)16-15(20)12-7-11(21-9(2)18)4-5-13(12)22-10(3)19/h4-7H,1-3H3,(H,16,17,20). The van der Waals surface area contributed by atoms with Crippen molar-refractivity contribution in [3.8, 4) is 11.5 Å². The van der Waals surface area contributed by atoms with Crippen molar-refractivity contribution in [2.45, 2.75) is 20.8 Å². The fourth-order valence-corrected chi connectivity index (χ4v) is 1.77. The van der Waals surface area contributed by atoms with E-state index in [0.29, 0.717) is 5.76 Å². The van der Waals surface area contributed by atoms with E-state index in [1.165, 1.54) is 38.1 Å². The summed E-state index contributed by atoms with van der Waals surface area (Å²) in [6.45, 7) is 4.12. The van der Waals surface area contributed by atoms with Gasteiger partial charge in [0.25, 0.3) is 5.91 Å². The number of aryl methyl sites for hydroxylation is 1. The number of benzene rings is 1. The van der Waals surface area contributed by atoms with Gasteiger partial charge >= 0.3 is 11.9 Å². The topological polar surface area (TPSA) is 108 Å². The van der Waals surface area contributed by atoms with Crippen molar-refractivity contribution in [2.24, 2.45) is 0 Å². The van der Waals surface area contributed by atoms with E-state index in [0.717, 1.165) is 0 Å². The molecule has 0 spiro atoms. The number of nitrogens with one attached hydrogen (secondary N) is 1. The third-order valence-electron chi connectivity index (χ3n) is 2.58. The molecule has 1 amide bonds. The van der Waals surface area contributed by atoms with Gasteiger partial charge in [0.2, 0.25) is 0 Å². The van der Waals surface area contributed by atoms with E-state index >= 15 is 0 Å². The molecular weight excluding hydrogens is 304 g/mol. The van der Waals surface area contributed by atoms with E-state index in [4.69, 9.17) is 14.0 Å². The molecule has 0 aliphatic carbocycles. The lowest BCUT2D eigenvalue weighted by molar-refractivity contribution is -0.133. The zero-order chi connectivity index (χ0) is 17.0. The van der Waals surface area contributed by atoms with Crippen LogP contribution in [0.3, 0.4) is 0 Å². The number of carbonyl (C=O) groups is 3. The van der Waals surface area contributed by atoms with Gasteiger partial charge in [-0.25, -0.2) is 0 Å². The highest BCUT2D eigenvalue weighted by Gasteiger charge is 2.17. The molecule has 0 unspecified atom stereocenters. The normalized spacial score (nSPS) is 10.0. The predicted octanol–water partition coefficient (Wildman–Crippen LogP) is 2.09. The molecule has 0 radical (unpaired) electrons. The molecule has 1 N–H and O–H groups in total. The summed E-state index contributed by atoms with van der Waals surface area (Å²) < 4.78 is 14.8. The van der Waals surface area contributed by atoms with E-state index in [1.54, 1.807) is 6.92 Å². The molecule has 2 rings (SSSR count). The third kappa shape index (κ3) is 4.40. The van der Waals surface area contributed by atoms with Crippen LogP contribution in [0.5, 0.6) is 11.5 Å². The summed E-state index contributed by atoms with van der Waals surface area (Å²) in [5, 5.41) is 6.14. The highest BCUT2D eigenvalue weighted by Crippen LogP contribution is 2.26. The summed E-state index contributed by atoms with van der Waals surface area (Å²) in [5.74, 6) is -0.807. The van der Waals surface area contributed by atoms with Gasteiger partial charge in [-0.2, -0.15) is 0 Å². The molecule has 1 aromatic heterocycles. The molecule has 1 heterocycles. The molecule has 0 aliphatic rings. The second-order valence-electron chi connectivity index (χ2n) is 4.62. The molecule has 0 atom stereocenters. The van der Waals surface area contributed by atoms with Crippen LogP contribution in [0.4, 0.5) is 5.82 Å². The summed E-state index contributed by atoms with van der Waals surface area (Å²) in [4.78, 5) is 34.5. The minimum Gasteiger partial charge on any atom is -0.427 e. The Morgan fingerprint density at radius 3 is 2.35 bits per heavy atom. The highest BCUT2D eigenvalue weighted by atomic mass is 16.5. The SMILES string of the molecule is CC(=O)Oc1ccc(OC(C)=O)c(C(=O)Nc2cc(C)on2)c1. The van der Waals surface area contributed by atoms with Gasteiger partial charge < -0.3 is 19.3 Å². The first-order valence-electron chi connectivity index (χ1n) is 6.60. The number of nitrogens with zero attached hydrogens (tertiary/aromatic N) is 1. The van der Waals surface area contributed by atoms with Crippen LogP contribution in [0, 0.1) is 6.92 Å². The van der Waals surface area contributed by atoms with Crippen molar-refractivity contribution in [3.63, 3.8) is 0 Å². The highest BCUT2D eigenvalue weighted by molar-refractivity contribution is 6.06. The fourth-order valence-electron chi connectivity index (χ4n) is 1.77. The summed E-state index contributed by atoms with van der Waals surface area (Å²) >= 11 is 0. The van der Waals surface area contributed by atoms with Gasteiger partial charge in [0.15, 0.2) is 5.82 Å². The van der Waals surface area contributed by atoms with Gasteiger partial charge in [0, 0.05) is 19.9 Å². The number of hydrogen-bond acceptors (Lipinski definition) is 7. The van der Waals surface area contributed by atoms with E-state index in [9.17, 15) is 14.4 Å². The maximum atomic E-state index is 12.3. The number of esters is 2. The monoisotopic (exact) mass is 318 g/mol. The van der Waals surface area contributed by atoms with E-state index in [-0.39, 0.29) is 22.9 Å². The summed E-state index contributed by atoms with van der Waals surface area (Å²) in [6.07, 6.45) is 0. The second kappa shape index (κ2) is 6.73. The Labute approximate surface area is 131 Å². The van der Waals surface area contributed by atoms with Crippen LogP contribution in [0.15, 0.2) is 28.8 Å². The van der Waals surface area contributed by atoms with Crippen molar-refractivity contribution in [1.82, 2.24) is 5.16 Å². The molecule has 0 fully saturated rings. The van der Waals surface area contributed by atoms with Crippen molar-refractivity contribution >= 4 is 23.7 Å². The largest absolute Gasteiger partial charge is 0.427 e. The Kier molecular flexibility index (Phi) is 4.75. The first-order chi connectivity index (χ1) is 10.8. The maximum absolute atomic E-state index is 12.3. The molecule has 0 bridgehead atoms. The second-order valence-corrected chi connectivity index (χ2v) is 4.62. The van der Waals surface area contributed by atoms with Crippen LogP contribution < -0.4 is 14.8 Å². The van der Waals surface area contributed by atoms with E-state index < -0.39 is 17.8 Å². The maximum Gasteiger partial charge on any atom is 0.308 e. The zero-order valence-corrected chi connectivity index (χ0v) is 12.7. The molecule has 8 heteroatoms. The third-order valence-corrected chi connectivity index (χ3v) is 2.58. The van der Waals surface area contributed by atoms with Crippen molar-refractivity contribution in [2.75, 3.05) is 5.32 Å². The van der Waals surface area contributed by atoms with Gasteiger partial charge in [-0.15, -0.1) is 0 Å². The first-order valence-corrected chi connectivity index (χ1v) is 6.60. The average Bonchev–Trinajstić information content (AvgIpc) is 2.84. The van der Waals surface area contributed by atoms with Gasteiger partial charge in [0.1, 0.15) is 17.3 Å².